The molecule has 2 aromatic heterocycles. The maximum absolute atomic E-state index is 12.3. The highest BCUT2D eigenvalue weighted by atomic mass is 16.2. The Labute approximate surface area is 156 Å². The fourth-order valence-corrected chi connectivity index (χ4v) is 2.47. The first kappa shape index (κ1) is 19.2. The van der Waals surface area contributed by atoms with Crippen LogP contribution in [0.1, 0.15) is 30.5 Å². The fourth-order valence-electron chi connectivity index (χ4n) is 2.47. The lowest BCUT2D eigenvalue weighted by Gasteiger charge is -2.19. The number of nitrogens with zero attached hydrogens (tertiary/aromatic N) is 3. The molecule has 3 aromatic rings. The summed E-state index contributed by atoms with van der Waals surface area (Å²) in [5.74, 6) is 0.512. The molecule has 6 nitrogen and oxygen atoms in total. The fraction of sp³-hybridized carbons (Fsp3) is 0.250. The van der Waals surface area contributed by atoms with Crippen LogP contribution in [0.25, 0.3) is 17.2 Å². The smallest absolute Gasteiger partial charge is 0.251 e. The summed E-state index contributed by atoms with van der Waals surface area (Å²) >= 11 is 0. The predicted molar refractivity (Wildman–Crippen MR) is 112 cm³/mol. The second kappa shape index (κ2) is 9.36. The third kappa shape index (κ3) is 4.08. The Morgan fingerprint density at radius 3 is 2.65 bits per heavy atom. The van der Waals surface area contributed by atoms with E-state index in [1.807, 2.05) is 68.8 Å². The molecule has 140 valence electrons. The molecule has 1 aliphatic rings. The van der Waals surface area contributed by atoms with Gasteiger partial charge in [-0.25, -0.2) is 4.98 Å². The lowest BCUT2D eigenvalue weighted by molar-refractivity contribution is -0.116. The minimum Gasteiger partial charge on any atom is -0.340 e. The Morgan fingerprint density at radius 2 is 1.92 bits per heavy atom. The maximum atomic E-state index is 12.3. The molecule has 1 aliphatic heterocycles. The number of anilines is 2. The van der Waals surface area contributed by atoms with Gasteiger partial charge in [-0.3, -0.25) is 14.3 Å². The number of para-hydroxylation sites is 2. The van der Waals surface area contributed by atoms with Gasteiger partial charge in [-0.05, 0) is 30.3 Å². The second-order valence-corrected chi connectivity index (χ2v) is 4.99. The van der Waals surface area contributed by atoms with E-state index in [-0.39, 0.29) is 8.76 Å². The zero-order valence-corrected chi connectivity index (χ0v) is 15.6. The van der Waals surface area contributed by atoms with Crippen molar-refractivity contribution in [3.05, 3.63) is 54.9 Å². The summed E-state index contributed by atoms with van der Waals surface area (Å²) in [4.78, 5) is 20.8. The summed E-state index contributed by atoms with van der Waals surface area (Å²) < 4.78 is 1.93. The van der Waals surface area contributed by atoms with Crippen molar-refractivity contribution in [3.8, 4) is 0 Å². The van der Waals surface area contributed by atoms with Crippen LogP contribution in [0.4, 0.5) is 11.6 Å². The molecule has 1 amide bonds. The van der Waals surface area contributed by atoms with E-state index in [0.717, 1.165) is 11.0 Å². The number of imidazole rings is 1. The summed E-state index contributed by atoms with van der Waals surface area (Å²) in [6.07, 6.45) is 6.96. The van der Waals surface area contributed by atoms with E-state index in [9.17, 15) is 4.79 Å². The molecular formula is C20H29N5O. The number of benzene rings is 1. The first-order chi connectivity index (χ1) is 12.8. The molecule has 1 aromatic carbocycles. The number of fused-ring (bicyclic) bond motifs is 3. The van der Waals surface area contributed by atoms with Crippen LogP contribution in [0.3, 0.4) is 0 Å². The van der Waals surface area contributed by atoms with Gasteiger partial charge in [0.05, 0.1) is 22.9 Å². The van der Waals surface area contributed by atoms with Crippen molar-refractivity contribution in [1.82, 2.24) is 14.5 Å². The predicted octanol–water partition coefficient (Wildman–Crippen LogP) is 4.88. The number of rotatable bonds is 2. The topological polar surface area (TPSA) is 71.8 Å². The Morgan fingerprint density at radius 1 is 1.15 bits per heavy atom. The van der Waals surface area contributed by atoms with Crippen LogP contribution in [-0.2, 0) is 4.79 Å². The third-order valence-corrected chi connectivity index (χ3v) is 3.52. The molecule has 0 radical (unpaired) electrons. The summed E-state index contributed by atoms with van der Waals surface area (Å²) in [5, 5.41) is 5.96. The molecule has 0 aliphatic carbocycles. The van der Waals surface area contributed by atoms with Gasteiger partial charge in [-0.15, -0.1) is 0 Å². The zero-order valence-electron chi connectivity index (χ0n) is 15.6. The Kier molecular flexibility index (Phi) is 6.91. The molecule has 0 spiro atoms. The van der Waals surface area contributed by atoms with E-state index in [1.165, 1.54) is 0 Å². The van der Waals surface area contributed by atoms with E-state index in [0.29, 0.717) is 11.6 Å². The van der Waals surface area contributed by atoms with Gasteiger partial charge >= 0.3 is 0 Å². The molecule has 4 rings (SSSR count). The summed E-state index contributed by atoms with van der Waals surface area (Å²) in [6.45, 7) is 8.00. The Hall–Kier alpha value is -3.15. The van der Waals surface area contributed by atoms with Crippen LogP contribution in [0.2, 0.25) is 0 Å². The number of carbonyl (C=O) groups excluding carboxylic acids is 1. The van der Waals surface area contributed by atoms with Gasteiger partial charge in [0.15, 0.2) is 0 Å². The van der Waals surface area contributed by atoms with Gasteiger partial charge in [-0.1, -0.05) is 39.8 Å². The number of pyridine rings is 1. The van der Waals surface area contributed by atoms with Crippen LogP contribution < -0.4 is 10.6 Å². The maximum Gasteiger partial charge on any atom is 0.251 e. The van der Waals surface area contributed by atoms with Crippen LogP contribution in [0.15, 0.2) is 54.9 Å². The molecule has 3 heterocycles. The first-order valence-electron chi connectivity index (χ1n) is 8.94. The average Bonchev–Trinajstić information content (AvgIpc) is 3.09. The van der Waals surface area contributed by atoms with Crippen molar-refractivity contribution < 1.29 is 7.65 Å². The van der Waals surface area contributed by atoms with Gasteiger partial charge in [0.1, 0.15) is 6.04 Å². The van der Waals surface area contributed by atoms with Gasteiger partial charge in [0, 0.05) is 15.3 Å². The normalized spacial score (nSPS) is 14.1. The van der Waals surface area contributed by atoms with Gasteiger partial charge in [0.25, 0.3) is 5.91 Å². The summed E-state index contributed by atoms with van der Waals surface area (Å²) in [5.41, 5.74) is 2.57. The highest BCUT2D eigenvalue weighted by Crippen LogP contribution is 2.23. The minimum absolute atomic E-state index is 0. The van der Waals surface area contributed by atoms with Gasteiger partial charge in [-0.2, -0.15) is 0 Å². The van der Waals surface area contributed by atoms with Crippen molar-refractivity contribution in [2.45, 2.75) is 33.7 Å². The third-order valence-electron chi connectivity index (χ3n) is 3.52. The molecule has 0 saturated heterocycles. The lowest BCUT2D eigenvalue weighted by Crippen LogP contribution is -2.35. The molecule has 1 unspecified atom stereocenters. The van der Waals surface area contributed by atoms with Crippen molar-refractivity contribution in [2.75, 3.05) is 10.6 Å². The van der Waals surface area contributed by atoms with Crippen LogP contribution >= 0.6 is 0 Å². The Balaban J connectivity index is 0.00000115. The number of hydrogen-bond donors (Lipinski definition) is 2. The number of hydrogen-bond acceptors (Lipinski definition) is 4. The van der Waals surface area contributed by atoms with E-state index in [4.69, 9.17) is 0 Å². The number of amides is 1. The molecule has 0 saturated carbocycles. The molecule has 0 bridgehead atoms. The molecular weight excluding hydrogens is 326 g/mol. The summed E-state index contributed by atoms with van der Waals surface area (Å²) in [6, 6.07) is 11.0. The highest BCUT2D eigenvalue weighted by molar-refractivity contribution is 5.99. The molecule has 6 heteroatoms. The molecule has 0 fully saturated rings. The van der Waals surface area contributed by atoms with E-state index in [2.05, 4.69) is 20.6 Å². The Bertz CT molecular complexity index is 881. The largest absolute Gasteiger partial charge is 0.340 e. The molecule has 26 heavy (non-hydrogen) atoms. The minimum atomic E-state index is -0.468. The summed E-state index contributed by atoms with van der Waals surface area (Å²) in [7, 11) is 0. The zero-order chi connectivity index (χ0) is 18.9. The molecule has 1 atom stereocenters. The standard InChI is InChI=1S/C16H13N5O.2C2H6.2H2/c22-15(18-11-4-3-8-17-10-11)13-7-9-21-14-6-2-1-5-12(14)19-16(21)20-13;2*1-2;;/h1-10,13H,(H,18,22)(H,19,20);2*1-2H3;2*1H. The number of nitrogens with one attached hydrogen (secondary N) is 2. The van der Waals surface area contributed by atoms with Crippen molar-refractivity contribution >= 4 is 34.8 Å². The number of aromatic nitrogens is 3. The SMILES string of the molecule is CC.CC.O=C(Nc1cccnc1)C1C=Cn2c(nc3ccccc32)N1.[HH].[HH]. The molecule has 2 N–H and O–H groups in total. The van der Waals surface area contributed by atoms with Gasteiger partial charge < -0.3 is 10.6 Å². The lowest BCUT2D eigenvalue weighted by atomic mass is 10.2. The van der Waals surface area contributed by atoms with Gasteiger partial charge in [0.2, 0.25) is 5.95 Å². The first-order valence-corrected chi connectivity index (χ1v) is 8.94. The van der Waals surface area contributed by atoms with E-state index in [1.54, 1.807) is 24.5 Å². The monoisotopic (exact) mass is 355 g/mol. The quantitative estimate of drug-likeness (QED) is 0.687. The number of carbonyl (C=O) groups is 1. The van der Waals surface area contributed by atoms with E-state index >= 15 is 0 Å². The highest BCUT2D eigenvalue weighted by Gasteiger charge is 2.22. The van der Waals surface area contributed by atoms with Crippen LogP contribution in [-0.4, -0.2) is 26.5 Å². The van der Waals surface area contributed by atoms with Crippen LogP contribution in [0.5, 0.6) is 0 Å². The van der Waals surface area contributed by atoms with Crippen molar-refractivity contribution in [1.29, 1.82) is 0 Å². The van der Waals surface area contributed by atoms with Crippen LogP contribution in [0, 0.1) is 0 Å². The van der Waals surface area contributed by atoms with Crippen molar-refractivity contribution in [3.63, 3.8) is 0 Å². The average molecular weight is 355 g/mol. The van der Waals surface area contributed by atoms with E-state index < -0.39 is 6.04 Å². The second-order valence-electron chi connectivity index (χ2n) is 4.99. The van der Waals surface area contributed by atoms with Crippen molar-refractivity contribution in [2.24, 2.45) is 0 Å².